The summed E-state index contributed by atoms with van der Waals surface area (Å²) in [6.45, 7) is 3.55. The van der Waals surface area contributed by atoms with Crippen molar-refractivity contribution in [3.05, 3.63) is 27.8 Å². The molecule has 1 aromatic carbocycles. The molecule has 7 heteroatoms. The van der Waals surface area contributed by atoms with Crippen LogP contribution in [-0.4, -0.2) is 28.1 Å². The number of thioether (sulfide) groups is 1. The van der Waals surface area contributed by atoms with Gasteiger partial charge in [0.05, 0.1) is 12.0 Å². The minimum Gasteiger partial charge on any atom is -0.507 e. The number of hydrogen-bond acceptors (Lipinski definition) is 5. The maximum atomic E-state index is 11.0. The van der Waals surface area contributed by atoms with E-state index in [-0.39, 0.29) is 11.7 Å². The largest absolute Gasteiger partial charge is 0.507 e. The number of nitrogens with zero attached hydrogens (tertiary/aromatic N) is 2. The van der Waals surface area contributed by atoms with Crippen LogP contribution < -0.4 is 5.32 Å². The Kier molecular flexibility index (Phi) is 4.11. The molecule has 0 bridgehead atoms. The topological polar surface area (TPSA) is 74.0 Å². The molecular formula is C12H12ClN3O2S. The van der Waals surface area contributed by atoms with Gasteiger partial charge in [-0.05, 0) is 31.0 Å². The van der Waals surface area contributed by atoms with E-state index in [0.717, 1.165) is 5.56 Å². The maximum Gasteiger partial charge on any atom is 0.236 e. The minimum absolute atomic E-state index is 0.0865. The summed E-state index contributed by atoms with van der Waals surface area (Å²) >= 11 is 7.33. The highest BCUT2D eigenvalue weighted by Gasteiger charge is 2.16. The summed E-state index contributed by atoms with van der Waals surface area (Å²) in [5.74, 6) is 0.403. The van der Waals surface area contributed by atoms with E-state index in [1.807, 2.05) is 0 Å². The monoisotopic (exact) mass is 297 g/mol. The van der Waals surface area contributed by atoms with Crippen molar-refractivity contribution in [2.75, 3.05) is 5.75 Å². The SMILES string of the molecule is Cc1cc(Cl)c(C)c(C=NN=C2NC(=O)CS2)c1O. The lowest BCUT2D eigenvalue weighted by molar-refractivity contribution is -0.116. The molecule has 0 spiro atoms. The van der Waals surface area contributed by atoms with Crippen molar-refractivity contribution in [2.24, 2.45) is 10.2 Å². The predicted molar refractivity (Wildman–Crippen MR) is 78.2 cm³/mol. The number of benzene rings is 1. The number of aryl methyl sites for hydroxylation is 1. The number of amides is 1. The summed E-state index contributed by atoms with van der Waals surface area (Å²) < 4.78 is 0. The zero-order valence-electron chi connectivity index (χ0n) is 10.4. The van der Waals surface area contributed by atoms with Gasteiger partial charge in [0.15, 0.2) is 5.17 Å². The average molecular weight is 298 g/mol. The van der Waals surface area contributed by atoms with Gasteiger partial charge in [-0.15, -0.1) is 5.10 Å². The molecule has 0 radical (unpaired) electrons. The van der Waals surface area contributed by atoms with Crippen LogP contribution in [0.2, 0.25) is 5.02 Å². The number of amidine groups is 1. The number of phenols is 1. The van der Waals surface area contributed by atoms with E-state index in [2.05, 4.69) is 15.5 Å². The number of halogens is 1. The molecular weight excluding hydrogens is 286 g/mol. The fourth-order valence-corrected chi connectivity index (χ4v) is 2.46. The summed E-state index contributed by atoms with van der Waals surface area (Å²) in [5, 5.41) is 21.3. The fourth-order valence-electron chi connectivity index (χ4n) is 1.56. The Bertz CT molecular complexity index is 573. The Morgan fingerprint density at radius 2 is 2.26 bits per heavy atom. The smallest absolute Gasteiger partial charge is 0.236 e. The predicted octanol–water partition coefficient (Wildman–Crippen LogP) is 2.22. The summed E-state index contributed by atoms with van der Waals surface area (Å²) in [5.41, 5.74) is 1.94. The van der Waals surface area contributed by atoms with Gasteiger partial charge in [0, 0.05) is 10.6 Å². The van der Waals surface area contributed by atoms with Crippen LogP contribution in [0.1, 0.15) is 16.7 Å². The minimum atomic E-state index is -0.0865. The molecule has 1 aliphatic rings. The highest BCUT2D eigenvalue weighted by Crippen LogP contribution is 2.29. The number of carbonyl (C=O) groups is 1. The number of phenolic OH excluding ortho intramolecular Hbond substituents is 1. The standard InChI is InChI=1S/C12H12ClN3O2S/c1-6-3-9(13)7(2)8(11(6)18)4-14-16-12-15-10(17)5-19-12/h3-4,18H,5H2,1-2H3,(H,15,16,17). The van der Waals surface area contributed by atoms with Gasteiger partial charge in [-0.1, -0.05) is 23.4 Å². The van der Waals surface area contributed by atoms with Crippen LogP contribution in [0.5, 0.6) is 5.75 Å². The summed E-state index contributed by atoms with van der Waals surface area (Å²) in [7, 11) is 0. The molecule has 1 amide bonds. The summed E-state index contributed by atoms with van der Waals surface area (Å²) in [6.07, 6.45) is 1.43. The van der Waals surface area contributed by atoms with Crippen molar-refractivity contribution in [3.8, 4) is 5.75 Å². The highest BCUT2D eigenvalue weighted by molar-refractivity contribution is 8.15. The Morgan fingerprint density at radius 3 is 2.89 bits per heavy atom. The first-order valence-electron chi connectivity index (χ1n) is 5.51. The molecule has 1 aromatic rings. The molecule has 0 aliphatic carbocycles. The van der Waals surface area contributed by atoms with Crippen molar-refractivity contribution >= 4 is 40.7 Å². The van der Waals surface area contributed by atoms with Gasteiger partial charge in [0.2, 0.25) is 5.91 Å². The normalized spacial score (nSPS) is 17.4. The molecule has 1 fully saturated rings. The van der Waals surface area contributed by atoms with Crippen LogP contribution in [0.15, 0.2) is 16.3 Å². The van der Waals surface area contributed by atoms with Crippen LogP contribution in [-0.2, 0) is 4.79 Å². The molecule has 2 N–H and O–H groups in total. The fraction of sp³-hybridized carbons (Fsp3) is 0.250. The number of rotatable bonds is 2. The molecule has 5 nitrogen and oxygen atoms in total. The van der Waals surface area contributed by atoms with E-state index in [1.165, 1.54) is 18.0 Å². The molecule has 0 atom stereocenters. The lowest BCUT2D eigenvalue weighted by Gasteiger charge is -2.08. The summed E-state index contributed by atoms with van der Waals surface area (Å²) in [6, 6.07) is 1.70. The van der Waals surface area contributed by atoms with E-state index in [0.29, 0.717) is 27.1 Å². The number of carbonyl (C=O) groups excluding carboxylic acids is 1. The van der Waals surface area contributed by atoms with Crippen molar-refractivity contribution in [3.63, 3.8) is 0 Å². The molecule has 19 heavy (non-hydrogen) atoms. The first kappa shape index (κ1) is 13.9. The Balaban J connectivity index is 2.26. The van der Waals surface area contributed by atoms with Crippen molar-refractivity contribution in [2.45, 2.75) is 13.8 Å². The second-order valence-electron chi connectivity index (χ2n) is 4.05. The van der Waals surface area contributed by atoms with Gasteiger partial charge in [0.1, 0.15) is 5.75 Å². The van der Waals surface area contributed by atoms with Gasteiger partial charge in [0.25, 0.3) is 0 Å². The van der Waals surface area contributed by atoms with E-state index in [1.54, 1.807) is 19.9 Å². The van der Waals surface area contributed by atoms with Crippen LogP contribution in [0.4, 0.5) is 0 Å². The molecule has 1 heterocycles. The van der Waals surface area contributed by atoms with Gasteiger partial charge < -0.3 is 10.4 Å². The summed E-state index contributed by atoms with van der Waals surface area (Å²) in [4.78, 5) is 11.0. The third-order valence-corrected chi connectivity index (χ3v) is 3.91. The second-order valence-corrected chi connectivity index (χ2v) is 5.42. The Hall–Kier alpha value is -1.53. The first-order valence-corrected chi connectivity index (χ1v) is 6.87. The average Bonchev–Trinajstić information content (AvgIpc) is 2.77. The van der Waals surface area contributed by atoms with Gasteiger partial charge in [-0.3, -0.25) is 4.79 Å². The molecule has 2 rings (SSSR count). The lowest BCUT2D eigenvalue weighted by atomic mass is 10.0. The molecule has 100 valence electrons. The molecule has 0 aromatic heterocycles. The quantitative estimate of drug-likeness (QED) is 0.649. The number of hydrogen-bond donors (Lipinski definition) is 2. The molecule has 0 unspecified atom stereocenters. The third kappa shape index (κ3) is 3.08. The first-order chi connectivity index (χ1) is 8.99. The molecule has 1 aliphatic heterocycles. The van der Waals surface area contributed by atoms with Crippen molar-refractivity contribution in [1.29, 1.82) is 0 Å². The lowest BCUT2D eigenvalue weighted by Crippen LogP contribution is -2.19. The van der Waals surface area contributed by atoms with Crippen LogP contribution >= 0.6 is 23.4 Å². The van der Waals surface area contributed by atoms with E-state index < -0.39 is 0 Å². The van der Waals surface area contributed by atoms with Gasteiger partial charge >= 0.3 is 0 Å². The third-order valence-electron chi connectivity index (χ3n) is 2.66. The Labute approximate surface area is 119 Å². The van der Waals surface area contributed by atoms with E-state index >= 15 is 0 Å². The van der Waals surface area contributed by atoms with Gasteiger partial charge in [-0.2, -0.15) is 5.10 Å². The second kappa shape index (κ2) is 5.63. The maximum absolute atomic E-state index is 11.0. The van der Waals surface area contributed by atoms with Crippen molar-refractivity contribution in [1.82, 2.24) is 5.32 Å². The zero-order valence-corrected chi connectivity index (χ0v) is 12.0. The number of aromatic hydroxyl groups is 1. The Morgan fingerprint density at radius 1 is 1.53 bits per heavy atom. The number of nitrogens with one attached hydrogen (secondary N) is 1. The van der Waals surface area contributed by atoms with Crippen LogP contribution in [0, 0.1) is 13.8 Å². The van der Waals surface area contributed by atoms with Crippen molar-refractivity contribution < 1.29 is 9.90 Å². The highest BCUT2D eigenvalue weighted by atomic mass is 35.5. The van der Waals surface area contributed by atoms with Crippen LogP contribution in [0.25, 0.3) is 0 Å². The molecule has 0 saturated carbocycles. The van der Waals surface area contributed by atoms with E-state index in [9.17, 15) is 9.90 Å². The van der Waals surface area contributed by atoms with Crippen LogP contribution in [0.3, 0.4) is 0 Å². The zero-order chi connectivity index (χ0) is 14.0. The van der Waals surface area contributed by atoms with E-state index in [4.69, 9.17) is 11.6 Å². The van der Waals surface area contributed by atoms with Gasteiger partial charge in [-0.25, -0.2) is 0 Å². The molecule has 1 saturated heterocycles.